The lowest BCUT2D eigenvalue weighted by molar-refractivity contribution is -0.148. The second-order valence-electron chi connectivity index (χ2n) is 7.73. The van der Waals surface area contributed by atoms with Crippen molar-refractivity contribution in [2.75, 3.05) is 7.11 Å². The molecule has 2 fully saturated rings. The van der Waals surface area contributed by atoms with Gasteiger partial charge in [-0.1, -0.05) is 12.5 Å². The van der Waals surface area contributed by atoms with Gasteiger partial charge in [0, 0.05) is 38.5 Å². The molecule has 0 spiro atoms. The molecule has 0 unspecified atom stereocenters. The highest BCUT2D eigenvalue weighted by Gasteiger charge is 2.49. The summed E-state index contributed by atoms with van der Waals surface area (Å²) in [4.78, 5) is 34.8. The lowest BCUT2D eigenvalue weighted by Gasteiger charge is -2.21. The Kier molecular flexibility index (Phi) is 9.40. The Morgan fingerprint density at radius 1 is 1.17 bits per heavy atom. The molecule has 1 saturated heterocycles. The number of carbonyl (C=O) groups is 3. The van der Waals surface area contributed by atoms with E-state index in [4.69, 9.17) is 9.47 Å². The Morgan fingerprint density at radius 3 is 2.66 bits per heavy atom. The summed E-state index contributed by atoms with van der Waals surface area (Å²) in [7, 11) is 1.40. The summed E-state index contributed by atoms with van der Waals surface area (Å²) in [6.45, 7) is 3.17. The highest BCUT2D eigenvalue weighted by atomic mass is 16.6. The molecule has 6 nitrogen and oxygen atoms in total. The van der Waals surface area contributed by atoms with Crippen LogP contribution in [0.2, 0.25) is 0 Å². The Hall–Kier alpha value is -2.13. The van der Waals surface area contributed by atoms with Crippen molar-refractivity contribution in [1.29, 1.82) is 0 Å². The van der Waals surface area contributed by atoms with Crippen LogP contribution in [-0.2, 0) is 28.6 Å². The quantitative estimate of drug-likeness (QED) is 0.240. The molecule has 0 bridgehead atoms. The third-order valence-electron chi connectivity index (χ3n) is 5.65. The molecule has 160 valence electrons. The summed E-state index contributed by atoms with van der Waals surface area (Å²) in [6.07, 6.45) is 8.98. The van der Waals surface area contributed by atoms with Crippen LogP contribution in [0.3, 0.4) is 0 Å². The molecule has 1 aliphatic heterocycles. The van der Waals surface area contributed by atoms with Crippen LogP contribution in [0.1, 0.15) is 65.2 Å². The molecule has 6 heteroatoms. The maximum Gasteiger partial charge on any atom is 0.305 e. The fourth-order valence-corrected chi connectivity index (χ4v) is 4.30. The van der Waals surface area contributed by atoms with Gasteiger partial charge in [-0.05, 0) is 38.2 Å². The van der Waals surface area contributed by atoms with Gasteiger partial charge >= 0.3 is 11.9 Å². The lowest BCUT2D eigenvalue weighted by Crippen LogP contribution is -2.24. The van der Waals surface area contributed by atoms with Gasteiger partial charge in [-0.25, -0.2) is 0 Å². The van der Waals surface area contributed by atoms with Gasteiger partial charge in [-0.3, -0.25) is 14.4 Å². The maximum atomic E-state index is 12.1. The first-order valence-electron chi connectivity index (χ1n) is 10.4. The molecule has 1 saturated carbocycles. The minimum atomic E-state index is -0.308. The molecule has 0 radical (unpaired) electrons. The van der Waals surface area contributed by atoms with Crippen molar-refractivity contribution in [2.45, 2.75) is 83.5 Å². The number of allylic oxidation sites excluding steroid dienone is 1. The van der Waals surface area contributed by atoms with Crippen molar-refractivity contribution in [3.05, 3.63) is 12.2 Å². The first-order chi connectivity index (χ1) is 13.9. The molecule has 0 N–H and O–H groups in total. The number of rotatable bonds is 10. The van der Waals surface area contributed by atoms with E-state index < -0.39 is 0 Å². The zero-order chi connectivity index (χ0) is 21.2. The van der Waals surface area contributed by atoms with E-state index >= 15 is 0 Å². The van der Waals surface area contributed by atoms with Gasteiger partial charge in [0.15, 0.2) is 5.78 Å². The van der Waals surface area contributed by atoms with Crippen molar-refractivity contribution >= 4 is 17.7 Å². The molecular weight excluding hydrogens is 372 g/mol. The fourth-order valence-electron chi connectivity index (χ4n) is 4.30. The molecule has 0 amide bonds. The summed E-state index contributed by atoms with van der Waals surface area (Å²) in [5.74, 6) is 5.46. The van der Waals surface area contributed by atoms with Gasteiger partial charge in [0.2, 0.25) is 0 Å². The molecule has 0 aromatic carbocycles. The van der Waals surface area contributed by atoms with Crippen LogP contribution >= 0.6 is 0 Å². The van der Waals surface area contributed by atoms with Crippen LogP contribution in [0.5, 0.6) is 0 Å². The predicted octanol–water partition coefficient (Wildman–Crippen LogP) is 3.37. The van der Waals surface area contributed by atoms with E-state index in [-0.39, 0.29) is 47.9 Å². The van der Waals surface area contributed by atoms with Crippen molar-refractivity contribution in [2.24, 2.45) is 11.8 Å². The monoisotopic (exact) mass is 404 g/mol. The first kappa shape index (κ1) is 23.2. The SMILES string of the molecule is CC#CCCC(=O)/C=C/[C@@H]1[C@H]2C[C@@H](CCCCC(=O)OC)O[C@H]2C[C@H]1OC(C)=O. The number of unbranched alkanes of at least 4 members (excludes halogenated alkanes) is 1. The van der Waals surface area contributed by atoms with Crippen LogP contribution in [0.4, 0.5) is 0 Å². The summed E-state index contributed by atoms with van der Waals surface area (Å²) in [5, 5.41) is 0. The Balaban J connectivity index is 1.90. The van der Waals surface area contributed by atoms with Crippen LogP contribution in [0, 0.1) is 23.7 Å². The molecule has 2 rings (SSSR count). The fraction of sp³-hybridized carbons (Fsp3) is 0.696. The number of ether oxygens (including phenoxy) is 3. The highest BCUT2D eigenvalue weighted by molar-refractivity contribution is 5.89. The van der Waals surface area contributed by atoms with Crippen LogP contribution in [0.25, 0.3) is 0 Å². The average Bonchev–Trinajstić information content (AvgIpc) is 3.20. The van der Waals surface area contributed by atoms with Gasteiger partial charge in [0.25, 0.3) is 0 Å². The molecule has 29 heavy (non-hydrogen) atoms. The molecule has 5 atom stereocenters. The van der Waals surface area contributed by atoms with Crippen molar-refractivity contribution in [3.63, 3.8) is 0 Å². The van der Waals surface area contributed by atoms with Crippen molar-refractivity contribution in [3.8, 4) is 11.8 Å². The Morgan fingerprint density at radius 2 is 1.97 bits per heavy atom. The van der Waals surface area contributed by atoms with Crippen molar-refractivity contribution in [1.82, 2.24) is 0 Å². The number of esters is 2. The second kappa shape index (κ2) is 11.8. The number of methoxy groups -OCH3 is 1. The summed E-state index contributed by atoms with van der Waals surface area (Å²) >= 11 is 0. The van der Waals surface area contributed by atoms with Gasteiger partial charge < -0.3 is 14.2 Å². The third kappa shape index (κ3) is 7.32. The number of hydrogen-bond acceptors (Lipinski definition) is 6. The Labute approximate surface area is 173 Å². The van der Waals surface area contributed by atoms with Gasteiger partial charge in [0.05, 0.1) is 19.3 Å². The summed E-state index contributed by atoms with van der Waals surface area (Å²) in [5.41, 5.74) is 0. The number of ketones is 1. The van der Waals surface area contributed by atoms with Gasteiger partial charge in [0.1, 0.15) is 6.10 Å². The van der Waals surface area contributed by atoms with E-state index in [1.165, 1.54) is 14.0 Å². The minimum absolute atomic E-state index is 0.00909. The van der Waals surface area contributed by atoms with E-state index in [0.717, 1.165) is 25.7 Å². The normalized spacial score (nSPS) is 27.9. The zero-order valence-electron chi connectivity index (χ0n) is 17.6. The largest absolute Gasteiger partial charge is 0.469 e. The second-order valence-corrected chi connectivity index (χ2v) is 7.73. The minimum Gasteiger partial charge on any atom is -0.469 e. The first-order valence-corrected chi connectivity index (χ1v) is 10.4. The van der Waals surface area contributed by atoms with Crippen molar-refractivity contribution < 1.29 is 28.6 Å². The number of carbonyl (C=O) groups excluding carboxylic acids is 3. The van der Waals surface area contributed by atoms with Crippen LogP contribution in [-0.4, -0.2) is 43.1 Å². The Bertz CT molecular complexity index is 671. The highest BCUT2D eigenvalue weighted by Crippen LogP contribution is 2.46. The molecule has 1 aliphatic carbocycles. The van der Waals surface area contributed by atoms with E-state index in [1.807, 2.05) is 6.08 Å². The van der Waals surface area contributed by atoms with Gasteiger partial charge in [-0.15, -0.1) is 11.8 Å². The smallest absolute Gasteiger partial charge is 0.305 e. The van der Waals surface area contributed by atoms with E-state index in [9.17, 15) is 14.4 Å². The molecule has 2 aliphatic rings. The number of fused-ring (bicyclic) bond motifs is 1. The zero-order valence-corrected chi connectivity index (χ0v) is 17.6. The topological polar surface area (TPSA) is 78.9 Å². The van der Waals surface area contributed by atoms with Gasteiger partial charge in [-0.2, -0.15) is 0 Å². The standard InChI is InChI=1S/C23H32O6/c1-4-5-6-9-17(25)12-13-19-20-14-18(10-7-8-11-23(26)27-3)29-22(20)15-21(19)28-16(2)24/h12-13,18-22H,6-11,14-15H2,1-3H3/b13-12+/t18-,19-,20-,21-,22+/m1/s1. The molecular formula is C23H32O6. The molecule has 0 aromatic heterocycles. The molecule has 0 aromatic rings. The predicted molar refractivity (Wildman–Crippen MR) is 108 cm³/mol. The van der Waals surface area contributed by atoms with E-state index in [2.05, 4.69) is 16.6 Å². The van der Waals surface area contributed by atoms with Crippen LogP contribution in [0.15, 0.2) is 12.2 Å². The molecule has 1 heterocycles. The van der Waals surface area contributed by atoms with E-state index in [1.54, 1.807) is 13.0 Å². The lowest BCUT2D eigenvalue weighted by atomic mass is 9.89. The summed E-state index contributed by atoms with van der Waals surface area (Å²) < 4.78 is 16.4. The number of hydrogen-bond donors (Lipinski definition) is 0. The summed E-state index contributed by atoms with van der Waals surface area (Å²) in [6, 6.07) is 0. The maximum absolute atomic E-state index is 12.1. The average molecular weight is 405 g/mol. The van der Waals surface area contributed by atoms with E-state index in [0.29, 0.717) is 25.7 Å². The third-order valence-corrected chi connectivity index (χ3v) is 5.65. The van der Waals surface area contributed by atoms with Crippen LogP contribution < -0.4 is 0 Å².